The molecule has 0 aliphatic heterocycles. The monoisotopic (exact) mass is 239 g/mol. The van der Waals surface area contributed by atoms with E-state index in [0.717, 1.165) is 5.56 Å². The second kappa shape index (κ2) is 6.10. The zero-order chi connectivity index (χ0) is 12.8. The zero-order valence-corrected chi connectivity index (χ0v) is 10.0. The number of hydrogen-bond acceptors (Lipinski definition) is 4. The molecule has 0 unspecified atom stereocenters. The van der Waals surface area contributed by atoms with Crippen LogP contribution in [0.15, 0.2) is 18.2 Å². The van der Waals surface area contributed by atoms with Crippen LogP contribution in [-0.4, -0.2) is 41.3 Å². The Morgan fingerprint density at radius 1 is 1.47 bits per heavy atom. The molecule has 1 aromatic rings. The van der Waals surface area contributed by atoms with E-state index in [-0.39, 0.29) is 12.3 Å². The molecular weight excluding hydrogens is 222 g/mol. The van der Waals surface area contributed by atoms with E-state index in [2.05, 4.69) is 0 Å². The lowest BCUT2D eigenvalue weighted by Gasteiger charge is -2.15. The van der Waals surface area contributed by atoms with Crippen molar-refractivity contribution < 1.29 is 19.7 Å². The maximum Gasteiger partial charge on any atom is 0.317 e. The number of likely N-dealkylation sites (N-methyl/N-ethyl adjacent to an activating group) is 1. The molecule has 0 heterocycles. The van der Waals surface area contributed by atoms with Crippen LogP contribution in [0, 0.1) is 0 Å². The normalized spacial score (nSPS) is 10.5. The van der Waals surface area contributed by atoms with Gasteiger partial charge in [0.25, 0.3) is 0 Å². The molecule has 0 aliphatic rings. The van der Waals surface area contributed by atoms with Crippen molar-refractivity contribution >= 4 is 5.97 Å². The number of carbonyl (C=O) groups is 1. The van der Waals surface area contributed by atoms with Crippen molar-refractivity contribution in [2.45, 2.75) is 13.5 Å². The summed E-state index contributed by atoms with van der Waals surface area (Å²) in [5.41, 5.74) is 0.898. The standard InChI is InChI=1S/C12H17NO4/c1-3-17-11-6-9(4-5-10(11)14)7-13(2)8-12(15)16/h4-6,14H,3,7-8H2,1-2H3,(H,15,16). The van der Waals surface area contributed by atoms with Crippen molar-refractivity contribution in [3.05, 3.63) is 23.8 Å². The van der Waals surface area contributed by atoms with Crippen LogP contribution in [0.1, 0.15) is 12.5 Å². The lowest BCUT2D eigenvalue weighted by molar-refractivity contribution is -0.138. The molecule has 5 heteroatoms. The Bertz CT molecular complexity index is 392. The highest BCUT2D eigenvalue weighted by Crippen LogP contribution is 2.27. The Balaban J connectivity index is 2.71. The van der Waals surface area contributed by atoms with Gasteiger partial charge in [-0.1, -0.05) is 6.07 Å². The Kier molecular flexibility index (Phi) is 4.78. The fraction of sp³-hybridized carbons (Fsp3) is 0.417. The van der Waals surface area contributed by atoms with Crippen molar-refractivity contribution in [3.8, 4) is 11.5 Å². The van der Waals surface area contributed by atoms with Crippen LogP contribution >= 0.6 is 0 Å². The lowest BCUT2D eigenvalue weighted by Crippen LogP contribution is -2.25. The SMILES string of the molecule is CCOc1cc(CN(C)CC(=O)O)ccc1O. The summed E-state index contributed by atoms with van der Waals surface area (Å²) in [4.78, 5) is 12.2. The van der Waals surface area contributed by atoms with E-state index in [9.17, 15) is 9.90 Å². The largest absolute Gasteiger partial charge is 0.504 e. The molecule has 17 heavy (non-hydrogen) atoms. The van der Waals surface area contributed by atoms with Crippen LogP contribution in [0.4, 0.5) is 0 Å². The maximum atomic E-state index is 10.5. The maximum absolute atomic E-state index is 10.5. The van der Waals surface area contributed by atoms with Gasteiger partial charge in [-0.2, -0.15) is 0 Å². The van der Waals surface area contributed by atoms with Gasteiger partial charge in [0.1, 0.15) is 0 Å². The average molecular weight is 239 g/mol. The van der Waals surface area contributed by atoms with E-state index in [0.29, 0.717) is 18.9 Å². The van der Waals surface area contributed by atoms with Gasteiger partial charge in [-0.25, -0.2) is 0 Å². The van der Waals surface area contributed by atoms with Gasteiger partial charge in [0, 0.05) is 6.54 Å². The van der Waals surface area contributed by atoms with Crippen LogP contribution < -0.4 is 4.74 Å². The highest BCUT2D eigenvalue weighted by atomic mass is 16.5. The first-order chi connectivity index (χ1) is 8.02. The third-order valence-corrected chi connectivity index (χ3v) is 2.18. The topological polar surface area (TPSA) is 70.0 Å². The number of rotatable bonds is 6. The first kappa shape index (κ1) is 13.3. The number of ether oxygens (including phenoxy) is 1. The van der Waals surface area contributed by atoms with Crippen LogP contribution in [0.3, 0.4) is 0 Å². The van der Waals surface area contributed by atoms with E-state index in [1.807, 2.05) is 6.92 Å². The van der Waals surface area contributed by atoms with Gasteiger partial charge in [-0.3, -0.25) is 9.69 Å². The first-order valence-electron chi connectivity index (χ1n) is 5.38. The molecule has 0 saturated heterocycles. The second-order valence-corrected chi connectivity index (χ2v) is 3.80. The average Bonchev–Trinajstić information content (AvgIpc) is 2.22. The first-order valence-corrected chi connectivity index (χ1v) is 5.38. The van der Waals surface area contributed by atoms with Gasteiger partial charge >= 0.3 is 5.97 Å². The molecule has 0 saturated carbocycles. The van der Waals surface area contributed by atoms with Gasteiger partial charge in [-0.05, 0) is 31.7 Å². The number of aliphatic carboxylic acids is 1. The summed E-state index contributed by atoms with van der Waals surface area (Å²) >= 11 is 0. The molecule has 0 fully saturated rings. The van der Waals surface area contributed by atoms with Crippen LogP contribution in [-0.2, 0) is 11.3 Å². The molecule has 1 rings (SSSR count). The molecule has 0 atom stereocenters. The van der Waals surface area contributed by atoms with Crippen molar-refractivity contribution in [1.82, 2.24) is 4.90 Å². The predicted molar refractivity (Wildman–Crippen MR) is 63.2 cm³/mol. The summed E-state index contributed by atoms with van der Waals surface area (Å²) in [5, 5.41) is 18.2. The van der Waals surface area contributed by atoms with E-state index in [1.165, 1.54) is 0 Å². The molecule has 0 spiro atoms. The lowest BCUT2D eigenvalue weighted by atomic mass is 10.2. The molecule has 1 aromatic carbocycles. The van der Waals surface area contributed by atoms with Crippen molar-refractivity contribution in [2.24, 2.45) is 0 Å². The predicted octanol–water partition coefficient (Wildman–Crippen LogP) is 1.31. The van der Waals surface area contributed by atoms with E-state index < -0.39 is 5.97 Å². The van der Waals surface area contributed by atoms with Gasteiger partial charge in [0.15, 0.2) is 11.5 Å². The highest BCUT2D eigenvalue weighted by Gasteiger charge is 2.08. The van der Waals surface area contributed by atoms with Crippen LogP contribution in [0.5, 0.6) is 11.5 Å². The summed E-state index contributed by atoms with van der Waals surface area (Å²) in [6.45, 7) is 2.78. The van der Waals surface area contributed by atoms with Gasteiger partial charge < -0.3 is 14.9 Å². The Labute approximate surface area is 100 Å². The highest BCUT2D eigenvalue weighted by molar-refractivity contribution is 5.69. The van der Waals surface area contributed by atoms with Crippen molar-refractivity contribution in [3.63, 3.8) is 0 Å². The van der Waals surface area contributed by atoms with Crippen LogP contribution in [0.25, 0.3) is 0 Å². The second-order valence-electron chi connectivity index (χ2n) is 3.80. The summed E-state index contributed by atoms with van der Waals surface area (Å²) in [6, 6.07) is 5.02. The smallest absolute Gasteiger partial charge is 0.317 e. The number of carboxylic acid groups (broad SMARTS) is 1. The third-order valence-electron chi connectivity index (χ3n) is 2.18. The number of nitrogens with zero attached hydrogens (tertiary/aromatic N) is 1. The van der Waals surface area contributed by atoms with Gasteiger partial charge in [0.2, 0.25) is 0 Å². The minimum atomic E-state index is -0.865. The van der Waals surface area contributed by atoms with Crippen molar-refractivity contribution in [1.29, 1.82) is 0 Å². The fourth-order valence-corrected chi connectivity index (χ4v) is 1.53. The molecule has 0 aliphatic carbocycles. The number of hydrogen-bond donors (Lipinski definition) is 2. The summed E-state index contributed by atoms with van der Waals surface area (Å²) in [7, 11) is 1.72. The van der Waals surface area contributed by atoms with E-state index in [1.54, 1.807) is 30.1 Å². The van der Waals surface area contributed by atoms with Crippen LogP contribution in [0.2, 0.25) is 0 Å². The number of benzene rings is 1. The summed E-state index contributed by atoms with van der Waals surface area (Å²) in [5.74, 6) is -0.346. The number of aromatic hydroxyl groups is 1. The van der Waals surface area contributed by atoms with Crippen molar-refractivity contribution in [2.75, 3.05) is 20.2 Å². The third kappa shape index (κ3) is 4.32. The minimum Gasteiger partial charge on any atom is -0.504 e. The number of phenolic OH excluding ortho intramolecular Hbond substituents is 1. The molecular formula is C12H17NO4. The molecule has 0 amide bonds. The summed E-state index contributed by atoms with van der Waals surface area (Å²) in [6.07, 6.45) is 0. The molecule has 2 N–H and O–H groups in total. The molecule has 5 nitrogen and oxygen atoms in total. The van der Waals surface area contributed by atoms with E-state index >= 15 is 0 Å². The molecule has 0 radical (unpaired) electrons. The molecule has 0 aromatic heterocycles. The Morgan fingerprint density at radius 2 is 2.18 bits per heavy atom. The fourth-order valence-electron chi connectivity index (χ4n) is 1.53. The molecule has 0 bridgehead atoms. The summed E-state index contributed by atoms with van der Waals surface area (Å²) < 4.78 is 5.26. The van der Waals surface area contributed by atoms with Gasteiger partial charge in [0.05, 0.1) is 13.2 Å². The number of carboxylic acids is 1. The van der Waals surface area contributed by atoms with Gasteiger partial charge in [-0.15, -0.1) is 0 Å². The Hall–Kier alpha value is -1.75. The van der Waals surface area contributed by atoms with E-state index in [4.69, 9.17) is 9.84 Å². The number of phenols is 1. The molecule has 94 valence electrons. The zero-order valence-electron chi connectivity index (χ0n) is 10.0. The quantitative estimate of drug-likeness (QED) is 0.783. The minimum absolute atomic E-state index is 0.0230. The Morgan fingerprint density at radius 3 is 2.76 bits per heavy atom.